The summed E-state index contributed by atoms with van der Waals surface area (Å²) in [7, 11) is -0.0236. The number of rotatable bonds is 4. The van der Waals surface area contributed by atoms with E-state index in [0.717, 1.165) is 6.54 Å². The van der Waals surface area contributed by atoms with Gasteiger partial charge in [-0.3, -0.25) is 4.55 Å². The van der Waals surface area contributed by atoms with Gasteiger partial charge in [0.1, 0.15) is 5.75 Å². The predicted octanol–water partition coefficient (Wildman–Crippen LogP) is 0.615. The molecule has 5 nitrogen and oxygen atoms in total. The second-order valence-corrected chi connectivity index (χ2v) is 5.19. The van der Waals surface area contributed by atoms with E-state index in [1.807, 2.05) is 19.0 Å². The Bertz CT molecular complexity index is 389. The Morgan fingerprint density at radius 3 is 2.00 bits per heavy atom. The van der Waals surface area contributed by atoms with Gasteiger partial charge >= 0.3 is 0 Å². The molecule has 0 fully saturated rings. The molecule has 0 spiro atoms. The summed E-state index contributed by atoms with van der Waals surface area (Å²) in [6, 6.07) is 8.52. The zero-order valence-electron chi connectivity index (χ0n) is 10.1. The highest BCUT2D eigenvalue weighted by molar-refractivity contribution is 7.85. The summed E-state index contributed by atoms with van der Waals surface area (Å²) >= 11 is 0. The zero-order valence-corrected chi connectivity index (χ0v) is 10.9. The van der Waals surface area contributed by atoms with E-state index in [1.165, 1.54) is 0 Å². The minimum atomic E-state index is -3.88. The fraction of sp³-hybridized carbons (Fsp3) is 0.455. The number of nitrogens with zero attached hydrogens (tertiary/aromatic N) is 1. The number of aliphatic hydroxyl groups excluding tert-OH is 1. The Balaban J connectivity index is 0.000000366. The van der Waals surface area contributed by atoms with E-state index in [4.69, 9.17) is 9.66 Å². The Morgan fingerprint density at radius 1 is 1.18 bits per heavy atom. The molecule has 0 saturated carbocycles. The van der Waals surface area contributed by atoms with Crippen molar-refractivity contribution in [2.45, 2.75) is 5.75 Å². The molecule has 98 valence electrons. The van der Waals surface area contributed by atoms with Crippen LogP contribution in [0.5, 0.6) is 0 Å². The van der Waals surface area contributed by atoms with Gasteiger partial charge in [0.25, 0.3) is 10.1 Å². The van der Waals surface area contributed by atoms with Crippen LogP contribution in [0.3, 0.4) is 0 Å². The van der Waals surface area contributed by atoms with E-state index in [9.17, 15) is 8.42 Å². The molecule has 1 aromatic rings. The quantitative estimate of drug-likeness (QED) is 0.777. The van der Waals surface area contributed by atoms with Gasteiger partial charge in [0.05, 0.1) is 6.61 Å². The molecule has 1 rings (SSSR count). The van der Waals surface area contributed by atoms with Crippen molar-refractivity contribution in [1.29, 1.82) is 0 Å². The number of aliphatic hydroxyl groups is 1. The lowest BCUT2D eigenvalue weighted by molar-refractivity contribution is 0.243. The molecule has 0 aliphatic carbocycles. The lowest BCUT2D eigenvalue weighted by atomic mass is 10.2. The van der Waals surface area contributed by atoms with Crippen molar-refractivity contribution >= 4 is 10.1 Å². The molecule has 2 N–H and O–H groups in total. The molecule has 1 aromatic carbocycles. The Labute approximate surface area is 102 Å². The average Bonchev–Trinajstić information content (AvgIpc) is 2.17. The Kier molecular flexibility index (Phi) is 7.73. The summed E-state index contributed by atoms with van der Waals surface area (Å²) in [6.07, 6.45) is 0. The van der Waals surface area contributed by atoms with Crippen LogP contribution < -0.4 is 0 Å². The SMILES string of the molecule is CN(C)CCO.O=S(=O)(O)Cc1ccccc1. The van der Waals surface area contributed by atoms with Gasteiger partial charge in [0.2, 0.25) is 0 Å². The van der Waals surface area contributed by atoms with Crippen molar-refractivity contribution in [3.63, 3.8) is 0 Å². The molecule has 0 radical (unpaired) electrons. The molecular weight excluding hydrogens is 242 g/mol. The number of hydrogen-bond acceptors (Lipinski definition) is 4. The van der Waals surface area contributed by atoms with Crippen LogP contribution >= 0.6 is 0 Å². The van der Waals surface area contributed by atoms with Crippen LogP contribution in [0.4, 0.5) is 0 Å². The fourth-order valence-electron chi connectivity index (χ4n) is 0.985. The highest BCUT2D eigenvalue weighted by Gasteiger charge is 2.04. The summed E-state index contributed by atoms with van der Waals surface area (Å²) in [6.45, 7) is 1.02. The fourth-order valence-corrected chi connectivity index (χ4v) is 1.60. The smallest absolute Gasteiger partial charge is 0.269 e. The van der Waals surface area contributed by atoms with Gasteiger partial charge in [-0.1, -0.05) is 30.3 Å². The van der Waals surface area contributed by atoms with Crippen LogP contribution in [0, 0.1) is 0 Å². The van der Waals surface area contributed by atoms with Gasteiger partial charge in [0, 0.05) is 6.54 Å². The standard InChI is InChI=1S/C7H8O3S.C4H11NO/c8-11(9,10)6-7-4-2-1-3-5-7;1-5(2)3-4-6/h1-5H,6H2,(H,8,9,10);6H,3-4H2,1-2H3. The molecule has 0 amide bonds. The van der Waals surface area contributed by atoms with E-state index >= 15 is 0 Å². The summed E-state index contributed by atoms with van der Waals surface area (Å²) in [5.74, 6) is -0.312. The summed E-state index contributed by atoms with van der Waals surface area (Å²) in [5, 5.41) is 8.20. The Morgan fingerprint density at radius 2 is 1.71 bits per heavy atom. The summed E-state index contributed by atoms with van der Waals surface area (Å²) in [4.78, 5) is 1.93. The normalized spacial score (nSPS) is 10.9. The largest absolute Gasteiger partial charge is 0.395 e. The van der Waals surface area contributed by atoms with Gasteiger partial charge in [-0.25, -0.2) is 0 Å². The second kappa shape index (κ2) is 8.19. The third-order valence-corrected chi connectivity index (χ3v) is 2.44. The third kappa shape index (κ3) is 11.3. The lowest BCUT2D eigenvalue weighted by Crippen LogP contribution is -2.15. The molecule has 0 heterocycles. The molecule has 6 heteroatoms. The van der Waals surface area contributed by atoms with Crippen molar-refractivity contribution in [1.82, 2.24) is 4.90 Å². The number of hydrogen-bond donors (Lipinski definition) is 2. The topological polar surface area (TPSA) is 77.8 Å². The molecule has 0 unspecified atom stereocenters. The minimum absolute atomic E-state index is 0.257. The average molecular weight is 261 g/mol. The zero-order chi connectivity index (χ0) is 13.3. The maximum atomic E-state index is 10.4. The summed E-state index contributed by atoms with van der Waals surface area (Å²) < 4.78 is 29.2. The van der Waals surface area contributed by atoms with Gasteiger partial charge in [-0.05, 0) is 19.7 Å². The molecule has 0 saturated heterocycles. The van der Waals surface area contributed by atoms with E-state index in [1.54, 1.807) is 30.3 Å². The van der Waals surface area contributed by atoms with Gasteiger partial charge in [-0.2, -0.15) is 8.42 Å². The van der Waals surface area contributed by atoms with Crippen molar-refractivity contribution in [3.8, 4) is 0 Å². The first kappa shape index (κ1) is 16.1. The van der Waals surface area contributed by atoms with Crippen molar-refractivity contribution in [3.05, 3.63) is 35.9 Å². The second-order valence-electron chi connectivity index (χ2n) is 3.74. The maximum Gasteiger partial charge on any atom is 0.269 e. The first-order valence-corrected chi connectivity index (χ1v) is 6.70. The van der Waals surface area contributed by atoms with Gasteiger partial charge in [-0.15, -0.1) is 0 Å². The molecule has 0 aliphatic heterocycles. The maximum absolute atomic E-state index is 10.4. The van der Waals surface area contributed by atoms with Crippen LogP contribution in [0.15, 0.2) is 30.3 Å². The van der Waals surface area contributed by atoms with Crippen LogP contribution in [0.2, 0.25) is 0 Å². The van der Waals surface area contributed by atoms with Crippen molar-refractivity contribution < 1.29 is 18.1 Å². The molecule has 0 aromatic heterocycles. The van der Waals surface area contributed by atoms with E-state index < -0.39 is 10.1 Å². The predicted molar refractivity (Wildman–Crippen MR) is 67.3 cm³/mol. The Hall–Kier alpha value is -0.950. The van der Waals surface area contributed by atoms with E-state index in [0.29, 0.717) is 5.56 Å². The first-order valence-electron chi connectivity index (χ1n) is 5.10. The molecule has 0 bridgehead atoms. The van der Waals surface area contributed by atoms with Gasteiger partial charge in [0.15, 0.2) is 0 Å². The van der Waals surface area contributed by atoms with Crippen molar-refractivity contribution in [2.75, 3.05) is 27.2 Å². The van der Waals surface area contributed by atoms with E-state index in [2.05, 4.69) is 0 Å². The molecule has 17 heavy (non-hydrogen) atoms. The molecule has 0 aliphatic rings. The van der Waals surface area contributed by atoms with Crippen molar-refractivity contribution in [2.24, 2.45) is 0 Å². The van der Waals surface area contributed by atoms with E-state index in [-0.39, 0.29) is 12.4 Å². The van der Waals surface area contributed by atoms with Crippen LogP contribution in [-0.2, 0) is 15.9 Å². The van der Waals surface area contributed by atoms with Crippen LogP contribution in [-0.4, -0.2) is 50.2 Å². The minimum Gasteiger partial charge on any atom is -0.395 e. The van der Waals surface area contributed by atoms with Crippen LogP contribution in [0.25, 0.3) is 0 Å². The van der Waals surface area contributed by atoms with Gasteiger partial charge < -0.3 is 10.0 Å². The van der Waals surface area contributed by atoms with Crippen LogP contribution in [0.1, 0.15) is 5.56 Å². The summed E-state index contributed by atoms with van der Waals surface area (Å²) in [5.41, 5.74) is 0.593. The highest BCUT2D eigenvalue weighted by atomic mass is 32.2. The molecule has 0 atom stereocenters. The lowest BCUT2D eigenvalue weighted by Gasteiger charge is -2.03. The number of likely N-dealkylation sites (N-methyl/N-ethyl adjacent to an activating group) is 1. The monoisotopic (exact) mass is 261 g/mol. The third-order valence-electron chi connectivity index (χ3n) is 1.74. The molecular formula is C11H19NO4S. The number of benzene rings is 1. The first-order chi connectivity index (χ1) is 7.85. The highest BCUT2D eigenvalue weighted by Crippen LogP contribution is 2.02.